The van der Waals surface area contributed by atoms with Crippen molar-refractivity contribution in [1.29, 1.82) is 0 Å². The van der Waals surface area contributed by atoms with Gasteiger partial charge in [0.05, 0.1) is 0 Å². The molecule has 0 bridgehead atoms. The van der Waals surface area contributed by atoms with Gasteiger partial charge in [-0.2, -0.15) is 0 Å². The summed E-state index contributed by atoms with van der Waals surface area (Å²) in [4.78, 5) is 9.51. The van der Waals surface area contributed by atoms with Crippen LogP contribution in [0.3, 0.4) is 0 Å². The molecule has 135 valence electrons. The fourth-order valence-electron chi connectivity index (χ4n) is 1.58. The van der Waals surface area contributed by atoms with Crippen LogP contribution < -0.4 is 21.3 Å². The van der Waals surface area contributed by atoms with E-state index in [9.17, 15) is 4.79 Å². The van der Waals surface area contributed by atoms with Crippen LogP contribution in [-0.2, 0) is 21.6 Å². The first-order chi connectivity index (χ1) is 9.84. The Balaban J connectivity index is -0.000000439. The molecule has 0 heterocycles. The van der Waals surface area contributed by atoms with Crippen molar-refractivity contribution in [2.75, 3.05) is 40.3 Å². The molecule has 0 spiro atoms. The quantitative estimate of drug-likeness (QED) is 0.338. The van der Waals surface area contributed by atoms with E-state index >= 15 is 0 Å². The maximum absolute atomic E-state index is 9.51. The molecule has 3 atom stereocenters. The minimum atomic E-state index is -1.07. The van der Waals surface area contributed by atoms with Crippen molar-refractivity contribution in [2.45, 2.75) is 45.3 Å². The predicted octanol–water partition coefficient (Wildman–Crippen LogP) is 0.281. The van der Waals surface area contributed by atoms with Crippen molar-refractivity contribution in [1.82, 2.24) is 21.3 Å². The Hall–Kier alpha value is -0.224. The van der Waals surface area contributed by atoms with Crippen LogP contribution >= 0.6 is 0 Å². The smallest absolute Gasteiger partial charge is 0.666 e. The van der Waals surface area contributed by atoms with Crippen molar-refractivity contribution in [2.24, 2.45) is 0 Å². The molecule has 0 aliphatic heterocycles. The molecule has 0 saturated heterocycles. The van der Waals surface area contributed by atoms with Gasteiger partial charge in [-0.1, -0.05) is 6.92 Å². The van der Waals surface area contributed by atoms with Crippen molar-refractivity contribution in [3.05, 3.63) is 5.73 Å². The van der Waals surface area contributed by atoms with Gasteiger partial charge in [0.25, 0.3) is 5.97 Å². The molecular formula is C14H34CoN5O2+. The van der Waals surface area contributed by atoms with Crippen LogP contribution in [0.2, 0.25) is 0 Å². The summed E-state index contributed by atoms with van der Waals surface area (Å²) in [5.74, 6) is -1.07. The van der Waals surface area contributed by atoms with Crippen molar-refractivity contribution >= 4 is 5.97 Å². The van der Waals surface area contributed by atoms with E-state index in [1.807, 2.05) is 14.1 Å². The van der Waals surface area contributed by atoms with Gasteiger partial charge in [-0.05, 0) is 40.4 Å². The number of nitrogens with one attached hydrogen (secondary N) is 5. The second-order valence-electron chi connectivity index (χ2n) is 5.21. The predicted molar refractivity (Wildman–Crippen MR) is 88.8 cm³/mol. The number of hydrogen-bond acceptors (Lipinski definition) is 5. The molecule has 1 radical (unpaired) electrons. The molecule has 0 saturated carbocycles. The topological polar surface area (TPSA) is 109 Å². The Bertz CT molecular complexity index is 231. The van der Waals surface area contributed by atoms with Gasteiger partial charge in [0.1, 0.15) is 0 Å². The molecule has 7 nitrogen and oxygen atoms in total. The third kappa shape index (κ3) is 22.1. The first-order valence-electron chi connectivity index (χ1n) is 7.55. The zero-order valence-corrected chi connectivity index (χ0v) is 15.5. The van der Waals surface area contributed by atoms with Crippen LogP contribution in [0.15, 0.2) is 0 Å². The summed E-state index contributed by atoms with van der Waals surface area (Å²) in [6, 6.07) is 0.177. The molecule has 22 heavy (non-hydrogen) atoms. The van der Waals surface area contributed by atoms with Crippen LogP contribution in [0.5, 0.6) is 0 Å². The minimum absolute atomic E-state index is 0. The van der Waals surface area contributed by atoms with Gasteiger partial charge in [0.2, 0.25) is 0 Å². The molecule has 0 aromatic rings. The van der Waals surface area contributed by atoms with E-state index in [0.717, 1.165) is 26.2 Å². The molecule has 8 heteroatoms. The van der Waals surface area contributed by atoms with Gasteiger partial charge < -0.3 is 32.1 Å². The number of carboxylic acids is 1. The summed E-state index contributed by atoms with van der Waals surface area (Å²) in [6.45, 7) is 9.94. The number of rotatable bonds is 11. The second-order valence-corrected chi connectivity index (χ2v) is 5.21. The van der Waals surface area contributed by atoms with Gasteiger partial charge in [-0.15, -0.1) is 0 Å². The van der Waals surface area contributed by atoms with E-state index in [-0.39, 0.29) is 16.8 Å². The standard InChI is InChI=1S/C11H28N4.C3H6NO2.Co/c1-10(14-7-5-12-3)9-11(2)15-8-6-13-4;1-2(4)3(5)6;/h10-15H,5-9H2,1-4H3;2,4H,1H3,(H,5,6);/q;-1;+2. The van der Waals surface area contributed by atoms with Gasteiger partial charge in [-0.25, -0.2) is 0 Å². The molecule has 3 unspecified atom stereocenters. The van der Waals surface area contributed by atoms with E-state index in [4.69, 9.17) is 10.8 Å². The van der Waals surface area contributed by atoms with Gasteiger partial charge >= 0.3 is 16.8 Å². The van der Waals surface area contributed by atoms with Gasteiger partial charge in [0, 0.05) is 38.3 Å². The first kappa shape index (κ1) is 26.7. The summed E-state index contributed by atoms with van der Waals surface area (Å²) < 4.78 is 0. The third-order valence-electron chi connectivity index (χ3n) is 2.81. The van der Waals surface area contributed by atoms with Crippen LogP contribution in [0.25, 0.3) is 5.73 Å². The van der Waals surface area contributed by atoms with Crippen molar-refractivity contribution in [3.8, 4) is 0 Å². The number of carbonyl (C=O) groups is 1. The molecule has 0 aromatic heterocycles. The van der Waals surface area contributed by atoms with E-state index < -0.39 is 12.0 Å². The monoisotopic (exact) mass is 363 g/mol. The summed E-state index contributed by atoms with van der Waals surface area (Å²) in [5, 5.41) is 21.0. The molecule has 0 aliphatic carbocycles. The maximum Gasteiger partial charge on any atom is 2.00 e. The average Bonchev–Trinajstić information content (AvgIpc) is 2.39. The Labute approximate surface area is 145 Å². The number of aliphatic carboxylic acids is 1. The SMILES string of the molecule is CC([NH-])C(=O)O.CNCCNC(C)CC(C)NCCNC.[Co+2]. The molecule has 0 fully saturated rings. The van der Waals surface area contributed by atoms with Gasteiger partial charge in [-0.3, -0.25) is 4.79 Å². The Morgan fingerprint density at radius 1 is 0.955 bits per heavy atom. The summed E-state index contributed by atoms with van der Waals surface area (Å²) in [6.07, 6.45) is 1.17. The molecule has 0 amide bonds. The Morgan fingerprint density at radius 2 is 1.27 bits per heavy atom. The van der Waals surface area contributed by atoms with Crippen molar-refractivity contribution in [3.63, 3.8) is 0 Å². The van der Waals surface area contributed by atoms with E-state index in [1.165, 1.54) is 13.3 Å². The van der Waals surface area contributed by atoms with Crippen LogP contribution in [0.4, 0.5) is 0 Å². The number of hydrogen-bond donors (Lipinski definition) is 5. The minimum Gasteiger partial charge on any atom is -0.666 e. The van der Waals surface area contributed by atoms with E-state index in [1.54, 1.807) is 0 Å². The molecule has 6 N–H and O–H groups in total. The van der Waals surface area contributed by atoms with Crippen molar-refractivity contribution < 1.29 is 26.7 Å². The normalized spacial score (nSPS) is 14.1. The largest absolute Gasteiger partial charge is 2.00 e. The Kier molecular flexibility index (Phi) is 22.8. The molecule has 0 aromatic carbocycles. The zero-order valence-electron chi connectivity index (χ0n) is 14.5. The summed E-state index contributed by atoms with van der Waals surface area (Å²) in [5.41, 5.74) is 6.43. The number of likely N-dealkylation sites (N-methyl/N-ethyl adjacent to an activating group) is 2. The molecule has 0 rings (SSSR count). The van der Waals surface area contributed by atoms with E-state index in [0.29, 0.717) is 12.1 Å². The van der Waals surface area contributed by atoms with Crippen LogP contribution in [0.1, 0.15) is 27.2 Å². The second kappa shape index (κ2) is 18.8. The fraction of sp³-hybridized carbons (Fsp3) is 0.929. The first-order valence-corrected chi connectivity index (χ1v) is 7.55. The fourth-order valence-corrected chi connectivity index (χ4v) is 1.58. The summed E-state index contributed by atoms with van der Waals surface area (Å²) in [7, 11) is 3.96. The molecular weight excluding hydrogens is 329 g/mol. The zero-order chi connectivity index (χ0) is 16.7. The van der Waals surface area contributed by atoms with E-state index in [2.05, 4.69) is 35.1 Å². The summed E-state index contributed by atoms with van der Waals surface area (Å²) >= 11 is 0. The number of carboxylic acid groups (broad SMARTS) is 1. The third-order valence-corrected chi connectivity index (χ3v) is 2.81. The van der Waals surface area contributed by atoms with Crippen LogP contribution in [-0.4, -0.2) is 69.5 Å². The average molecular weight is 363 g/mol. The molecule has 0 aliphatic rings. The maximum atomic E-state index is 9.51. The van der Waals surface area contributed by atoms with Crippen LogP contribution in [0, 0.1) is 0 Å². The Morgan fingerprint density at radius 3 is 1.50 bits per heavy atom. The van der Waals surface area contributed by atoms with Gasteiger partial charge in [0.15, 0.2) is 0 Å².